The molecule has 0 aliphatic carbocycles. The van der Waals surface area contributed by atoms with Crippen molar-refractivity contribution in [3.05, 3.63) is 24.3 Å². The van der Waals surface area contributed by atoms with Crippen LogP contribution in [0.1, 0.15) is 34.1 Å². The quantitative estimate of drug-likeness (QED) is 0.649. The fraction of sp³-hybridized carbons (Fsp3) is 0.556. The van der Waals surface area contributed by atoms with Gasteiger partial charge in [-0.05, 0) is 31.4 Å². The Bertz CT molecular complexity index is 534. The third-order valence-corrected chi connectivity index (χ3v) is 4.43. The summed E-state index contributed by atoms with van der Waals surface area (Å²) in [5.74, 6) is 0.716. The van der Waals surface area contributed by atoms with Gasteiger partial charge in [-0.2, -0.15) is 0 Å². The van der Waals surface area contributed by atoms with Crippen LogP contribution in [0, 0.1) is 5.92 Å². The molecule has 1 rings (SSSR count). The molecule has 134 valence electrons. The fourth-order valence-electron chi connectivity index (χ4n) is 1.91. The van der Waals surface area contributed by atoms with E-state index in [1.54, 1.807) is 6.07 Å². The molecule has 0 saturated heterocycles. The van der Waals surface area contributed by atoms with E-state index in [0.29, 0.717) is 37.0 Å². The van der Waals surface area contributed by atoms with Crippen LogP contribution in [-0.2, 0) is 14.3 Å². The standard InChI is InChI=1S/C18H27NO4S/c1-5-16(18(21)23-11-13(3)4)24-12-17(20)19-14-9-7-8-10-15(14)22-6-2/h7-10,13,16H,5-6,11-12H2,1-4H3,(H,19,20). The topological polar surface area (TPSA) is 64.6 Å². The van der Waals surface area contributed by atoms with Crippen molar-refractivity contribution in [2.24, 2.45) is 5.92 Å². The predicted molar refractivity (Wildman–Crippen MR) is 98.6 cm³/mol. The molecule has 1 atom stereocenters. The Morgan fingerprint density at radius 3 is 2.54 bits per heavy atom. The zero-order chi connectivity index (χ0) is 17.9. The molecule has 1 unspecified atom stereocenters. The summed E-state index contributed by atoms with van der Waals surface area (Å²) in [5.41, 5.74) is 0.639. The number of carbonyl (C=O) groups excluding carboxylic acids is 2. The minimum Gasteiger partial charge on any atom is -0.492 e. The third-order valence-electron chi connectivity index (χ3n) is 3.07. The fourth-order valence-corrected chi connectivity index (χ4v) is 2.77. The maximum absolute atomic E-state index is 12.1. The number of anilines is 1. The minimum atomic E-state index is -0.323. The lowest BCUT2D eigenvalue weighted by molar-refractivity contribution is -0.144. The molecule has 1 aromatic carbocycles. The number of hydrogen-bond donors (Lipinski definition) is 1. The van der Waals surface area contributed by atoms with Gasteiger partial charge in [-0.15, -0.1) is 11.8 Å². The van der Waals surface area contributed by atoms with Crippen LogP contribution in [0.5, 0.6) is 5.75 Å². The molecule has 0 spiro atoms. The molecule has 0 aromatic heterocycles. The van der Waals surface area contributed by atoms with Gasteiger partial charge < -0.3 is 14.8 Å². The third kappa shape index (κ3) is 7.25. The number of carbonyl (C=O) groups is 2. The molecule has 0 bridgehead atoms. The average molecular weight is 353 g/mol. The Balaban J connectivity index is 2.51. The van der Waals surface area contributed by atoms with Crippen LogP contribution in [0.2, 0.25) is 0 Å². The van der Waals surface area contributed by atoms with Gasteiger partial charge in [0, 0.05) is 0 Å². The molecule has 0 heterocycles. The van der Waals surface area contributed by atoms with Gasteiger partial charge in [-0.25, -0.2) is 0 Å². The van der Waals surface area contributed by atoms with E-state index in [1.807, 2.05) is 45.9 Å². The van der Waals surface area contributed by atoms with Crippen molar-refractivity contribution >= 4 is 29.3 Å². The van der Waals surface area contributed by atoms with E-state index in [0.717, 1.165) is 0 Å². The van der Waals surface area contributed by atoms with Gasteiger partial charge in [-0.3, -0.25) is 9.59 Å². The summed E-state index contributed by atoms with van der Waals surface area (Å²) >= 11 is 1.30. The Labute approximate surface area is 148 Å². The smallest absolute Gasteiger partial charge is 0.319 e. The zero-order valence-electron chi connectivity index (χ0n) is 14.8. The molecular weight excluding hydrogens is 326 g/mol. The highest BCUT2D eigenvalue weighted by Gasteiger charge is 2.20. The molecule has 24 heavy (non-hydrogen) atoms. The van der Waals surface area contributed by atoms with E-state index in [1.165, 1.54) is 11.8 Å². The Morgan fingerprint density at radius 2 is 1.92 bits per heavy atom. The summed E-state index contributed by atoms with van der Waals surface area (Å²) in [6.07, 6.45) is 0.629. The van der Waals surface area contributed by atoms with Gasteiger partial charge in [0.15, 0.2) is 0 Å². The largest absolute Gasteiger partial charge is 0.492 e. The van der Waals surface area contributed by atoms with Gasteiger partial charge >= 0.3 is 5.97 Å². The molecule has 0 fully saturated rings. The first kappa shape index (κ1) is 20.4. The summed E-state index contributed by atoms with van der Waals surface area (Å²) in [5, 5.41) is 2.50. The number of ether oxygens (including phenoxy) is 2. The summed E-state index contributed by atoms with van der Waals surface area (Å²) in [6, 6.07) is 7.29. The molecule has 0 radical (unpaired) electrons. The van der Waals surface area contributed by atoms with E-state index >= 15 is 0 Å². The van der Waals surface area contributed by atoms with Gasteiger partial charge in [0.05, 0.1) is 24.7 Å². The van der Waals surface area contributed by atoms with Crippen molar-refractivity contribution < 1.29 is 19.1 Å². The van der Waals surface area contributed by atoms with Crippen LogP contribution in [0.3, 0.4) is 0 Å². The molecule has 1 N–H and O–H groups in total. The number of rotatable bonds is 10. The first-order valence-corrected chi connectivity index (χ1v) is 9.32. The Kier molecular flexibility index (Phi) is 9.30. The first-order valence-electron chi connectivity index (χ1n) is 8.27. The molecular formula is C18H27NO4S. The van der Waals surface area contributed by atoms with Crippen LogP contribution in [0.15, 0.2) is 24.3 Å². The summed E-state index contributed by atoms with van der Waals surface area (Å²) in [4.78, 5) is 24.1. The minimum absolute atomic E-state index is 0.165. The average Bonchev–Trinajstić information content (AvgIpc) is 2.55. The summed E-state index contributed by atoms with van der Waals surface area (Å²) < 4.78 is 10.7. The van der Waals surface area contributed by atoms with Gasteiger partial charge in [0.1, 0.15) is 11.0 Å². The monoisotopic (exact) mass is 353 g/mol. The second kappa shape index (κ2) is 11.0. The lowest BCUT2D eigenvalue weighted by Gasteiger charge is -2.15. The number of para-hydroxylation sites is 2. The van der Waals surface area contributed by atoms with Crippen molar-refractivity contribution in [2.75, 3.05) is 24.3 Å². The van der Waals surface area contributed by atoms with E-state index in [4.69, 9.17) is 9.47 Å². The molecule has 5 nitrogen and oxygen atoms in total. The predicted octanol–water partition coefficient (Wildman–Crippen LogP) is 3.73. The summed E-state index contributed by atoms with van der Waals surface area (Å²) in [6.45, 7) is 8.72. The van der Waals surface area contributed by atoms with Crippen molar-refractivity contribution in [3.8, 4) is 5.75 Å². The normalized spacial score (nSPS) is 11.9. The highest BCUT2D eigenvalue weighted by Crippen LogP contribution is 2.24. The Morgan fingerprint density at radius 1 is 1.21 bits per heavy atom. The van der Waals surface area contributed by atoms with Gasteiger partial charge in [0.2, 0.25) is 5.91 Å². The van der Waals surface area contributed by atoms with Crippen LogP contribution in [0.25, 0.3) is 0 Å². The van der Waals surface area contributed by atoms with Crippen molar-refractivity contribution in [2.45, 2.75) is 39.4 Å². The zero-order valence-corrected chi connectivity index (χ0v) is 15.7. The number of amides is 1. The number of hydrogen-bond acceptors (Lipinski definition) is 5. The van der Waals surface area contributed by atoms with Crippen molar-refractivity contribution in [1.82, 2.24) is 0 Å². The van der Waals surface area contributed by atoms with Gasteiger partial charge in [0.25, 0.3) is 0 Å². The van der Waals surface area contributed by atoms with Crippen LogP contribution in [0.4, 0.5) is 5.69 Å². The summed E-state index contributed by atoms with van der Waals surface area (Å²) in [7, 11) is 0. The second-order valence-corrected chi connectivity index (χ2v) is 6.90. The van der Waals surface area contributed by atoms with Crippen molar-refractivity contribution in [3.63, 3.8) is 0 Å². The van der Waals surface area contributed by atoms with Crippen LogP contribution < -0.4 is 10.1 Å². The van der Waals surface area contributed by atoms with Gasteiger partial charge in [-0.1, -0.05) is 32.9 Å². The van der Waals surface area contributed by atoms with E-state index < -0.39 is 0 Å². The number of thioether (sulfide) groups is 1. The maximum atomic E-state index is 12.1. The van der Waals surface area contributed by atoms with E-state index in [9.17, 15) is 9.59 Å². The number of esters is 1. The highest BCUT2D eigenvalue weighted by atomic mass is 32.2. The first-order chi connectivity index (χ1) is 11.5. The van der Waals surface area contributed by atoms with Crippen LogP contribution in [-0.4, -0.2) is 36.1 Å². The molecule has 0 aliphatic rings. The van der Waals surface area contributed by atoms with E-state index in [2.05, 4.69) is 5.32 Å². The number of nitrogens with one attached hydrogen (secondary N) is 1. The molecule has 0 aliphatic heterocycles. The maximum Gasteiger partial charge on any atom is 0.319 e. The molecule has 1 amide bonds. The molecule has 1 aromatic rings. The van der Waals surface area contributed by atoms with Crippen LogP contribution >= 0.6 is 11.8 Å². The highest BCUT2D eigenvalue weighted by molar-refractivity contribution is 8.01. The van der Waals surface area contributed by atoms with E-state index in [-0.39, 0.29) is 22.9 Å². The van der Waals surface area contributed by atoms with Crippen molar-refractivity contribution in [1.29, 1.82) is 0 Å². The number of benzene rings is 1. The SMILES string of the molecule is CCOc1ccccc1NC(=O)CSC(CC)C(=O)OCC(C)C. The molecule has 0 saturated carbocycles. The Hall–Kier alpha value is -1.69. The molecule has 6 heteroatoms. The second-order valence-electron chi connectivity index (χ2n) is 5.71. The lowest BCUT2D eigenvalue weighted by Crippen LogP contribution is -2.24. The lowest BCUT2D eigenvalue weighted by atomic mass is 10.2.